The molecule has 9 heavy (non-hydrogen) atoms. The quantitative estimate of drug-likeness (QED) is 0.634. The van der Waals surface area contributed by atoms with E-state index >= 15 is 0 Å². The molecule has 0 aromatic rings. The Bertz CT molecular complexity index is 158. The minimum absolute atomic E-state index is 0.996. The first-order valence-corrected chi connectivity index (χ1v) is 3.86. The van der Waals surface area contributed by atoms with E-state index in [9.17, 15) is 0 Å². The highest BCUT2D eigenvalue weighted by molar-refractivity contribution is 14.1. The number of hydrogen-bond acceptors (Lipinski definition) is 1. The maximum absolute atomic E-state index is 5.07. The molecule has 0 heterocycles. The molecule has 0 bridgehead atoms. The van der Waals surface area contributed by atoms with Gasteiger partial charge in [-0.05, 0) is 41.5 Å². The molecule has 1 radical (unpaired) electrons. The summed E-state index contributed by atoms with van der Waals surface area (Å²) in [4.78, 5) is 0. The van der Waals surface area contributed by atoms with E-state index in [1.54, 1.807) is 7.11 Å². The van der Waals surface area contributed by atoms with Crippen LogP contribution in [0.1, 0.15) is 6.42 Å². The van der Waals surface area contributed by atoms with Gasteiger partial charge in [0.25, 0.3) is 0 Å². The molecule has 0 atom stereocenters. The maximum Gasteiger partial charge on any atom is 0.127 e. The molecule has 0 N–H and O–H groups in total. The van der Waals surface area contributed by atoms with E-state index in [0.29, 0.717) is 0 Å². The third-order valence-corrected chi connectivity index (χ3v) is 2.05. The van der Waals surface area contributed by atoms with Crippen molar-refractivity contribution in [3.05, 3.63) is 27.9 Å². The van der Waals surface area contributed by atoms with Crippen LogP contribution in [-0.2, 0) is 4.74 Å². The summed E-state index contributed by atoms with van der Waals surface area (Å²) in [6.07, 6.45) is 7.25. The summed E-state index contributed by atoms with van der Waals surface area (Å²) in [5.41, 5.74) is 0. The van der Waals surface area contributed by atoms with E-state index < -0.39 is 0 Å². The van der Waals surface area contributed by atoms with Crippen molar-refractivity contribution in [1.82, 2.24) is 0 Å². The Morgan fingerprint density at radius 3 is 2.89 bits per heavy atom. The number of ether oxygens (including phenoxy) is 1. The van der Waals surface area contributed by atoms with Gasteiger partial charge in [-0.3, -0.25) is 0 Å². The molecule has 1 aliphatic carbocycles. The van der Waals surface area contributed by atoms with Gasteiger partial charge >= 0.3 is 0 Å². The number of halogens is 1. The van der Waals surface area contributed by atoms with Gasteiger partial charge in [0.2, 0.25) is 0 Å². The predicted molar refractivity (Wildman–Crippen MR) is 46.1 cm³/mol. The second-order valence-electron chi connectivity index (χ2n) is 1.76. The first-order valence-electron chi connectivity index (χ1n) is 2.78. The normalized spacial score (nSPS) is 18.4. The molecule has 49 valence electrons. The third-order valence-electron chi connectivity index (χ3n) is 1.16. The summed E-state index contributed by atoms with van der Waals surface area (Å²) in [6, 6.07) is 0. The van der Waals surface area contributed by atoms with Gasteiger partial charge in [-0.25, -0.2) is 0 Å². The molecule has 0 aromatic carbocycles. The van der Waals surface area contributed by atoms with E-state index in [2.05, 4.69) is 41.2 Å². The minimum atomic E-state index is 0.996. The van der Waals surface area contributed by atoms with Gasteiger partial charge in [0, 0.05) is 0 Å². The molecule has 1 aliphatic rings. The number of rotatable bonds is 1. The van der Waals surface area contributed by atoms with Crippen LogP contribution in [0, 0.1) is 6.42 Å². The van der Waals surface area contributed by atoms with Crippen molar-refractivity contribution in [2.75, 3.05) is 7.11 Å². The summed E-state index contributed by atoms with van der Waals surface area (Å²) in [5.74, 6) is 0.998. The summed E-state index contributed by atoms with van der Waals surface area (Å²) in [5, 5.41) is 0. The highest BCUT2D eigenvalue weighted by Gasteiger charge is 2.03. The highest BCUT2D eigenvalue weighted by Crippen LogP contribution is 2.23. The van der Waals surface area contributed by atoms with Crippen molar-refractivity contribution in [3.63, 3.8) is 0 Å². The fourth-order valence-electron chi connectivity index (χ4n) is 0.707. The summed E-state index contributed by atoms with van der Waals surface area (Å²) < 4.78 is 6.25. The Balaban J connectivity index is 2.68. The van der Waals surface area contributed by atoms with Gasteiger partial charge < -0.3 is 4.74 Å². The second kappa shape index (κ2) is 3.25. The van der Waals surface area contributed by atoms with E-state index in [0.717, 1.165) is 12.2 Å². The zero-order chi connectivity index (χ0) is 6.69. The Morgan fingerprint density at radius 1 is 1.67 bits per heavy atom. The van der Waals surface area contributed by atoms with E-state index in [4.69, 9.17) is 4.74 Å². The third kappa shape index (κ3) is 1.71. The molecule has 0 aliphatic heterocycles. The fourth-order valence-corrected chi connectivity index (χ4v) is 1.40. The zero-order valence-corrected chi connectivity index (χ0v) is 7.38. The average molecular weight is 235 g/mol. The zero-order valence-electron chi connectivity index (χ0n) is 5.23. The first kappa shape index (κ1) is 7.12. The topological polar surface area (TPSA) is 9.23 Å². The Kier molecular flexibility index (Phi) is 2.57. The molecule has 0 unspecified atom stereocenters. The molecule has 0 saturated heterocycles. The van der Waals surface area contributed by atoms with Crippen LogP contribution in [0.5, 0.6) is 0 Å². The van der Waals surface area contributed by atoms with Crippen molar-refractivity contribution in [2.45, 2.75) is 6.42 Å². The van der Waals surface area contributed by atoms with Gasteiger partial charge in [-0.15, -0.1) is 0 Å². The summed E-state index contributed by atoms with van der Waals surface area (Å²) >= 11 is 2.26. The first-order chi connectivity index (χ1) is 4.34. The fraction of sp³-hybridized carbons (Fsp3) is 0.286. The van der Waals surface area contributed by atoms with Crippen molar-refractivity contribution in [1.29, 1.82) is 0 Å². The van der Waals surface area contributed by atoms with Crippen LogP contribution in [0.3, 0.4) is 0 Å². The van der Waals surface area contributed by atoms with Crippen molar-refractivity contribution < 1.29 is 4.74 Å². The lowest BCUT2D eigenvalue weighted by Gasteiger charge is -2.08. The van der Waals surface area contributed by atoms with Crippen LogP contribution < -0.4 is 0 Å². The lowest BCUT2D eigenvalue weighted by atomic mass is 10.2. The SMILES string of the molecule is COC1=CC[CH]C=C1I. The van der Waals surface area contributed by atoms with Crippen molar-refractivity contribution in [3.8, 4) is 0 Å². The molecule has 1 nitrogen and oxygen atoms in total. The number of hydrogen-bond donors (Lipinski definition) is 0. The predicted octanol–water partition coefficient (Wildman–Crippen LogP) is 2.44. The molecule has 2 heteroatoms. The van der Waals surface area contributed by atoms with E-state index in [-0.39, 0.29) is 0 Å². The van der Waals surface area contributed by atoms with Gasteiger partial charge in [-0.1, -0.05) is 6.08 Å². The van der Waals surface area contributed by atoms with Gasteiger partial charge in [0.15, 0.2) is 0 Å². The van der Waals surface area contributed by atoms with Gasteiger partial charge in [0.1, 0.15) is 5.76 Å². The van der Waals surface area contributed by atoms with Crippen LogP contribution >= 0.6 is 22.6 Å². The Hall–Kier alpha value is 0.01000. The molecule has 0 spiro atoms. The molecular formula is C7H8IO. The van der Waals surface area contributed by atoms with Crippen LogP contribution in [0.4, 0.5) is 0 Å². The molecule has 0 fully saturated rings. The number of methoxy groups -OCH3 is 1. The van der Waals surface area contributed by atoms with E-state index in [1.807, 2.05) is 0 Å². The lowest BCUT2D eigenvalue weighted by molar-refractivity contribution is 0.303. The number of allylic oxidation sites excluding steroid dienone is 3. The second-order valence-corrected chi connectivity index (χ2v) is 2.92. The summed E-state index contributed by atoms with van der Waals surface area (Å²) in [7, 11) is 1.70. The molecule has 0 aromatic heterocycles. The largest absolute Gasteiger partial charge is 0.496 e. The van der Waals surface area contributed by atoms with Gasteiger partial charge in [-0.2, -0.15) is 0 Å². The van der Waals surface area contributed by atoms with Crippen LogP contribution in [0.2, 0.25) is 0 Å². The molecule has 0 saturated carbocycles. The Labute approximate surface area is 68.9 Å². The highest BCUT2D eigenvalue weighted by atomic mass is 127. The van der Waals surface area contributed by atoms with E-state index in [1.165, 1.54) is 3.58 Å². The maximum atomic E-state index is 5.07. The molecule has 1 rings (SSSR count). The van der Waals surface area contributed by atoms with Crippen LogP contribution in [0.15, 0.2) is 21.5 Å². The molecule has 0 amide bonds. The van der Waals surface area contributed by atoms with Crippen LogP contribution in [0.25, 0.3) is 0 Å². The van der Waals surface area contributed by atoms with Crippen LogP contribution in [-0.4, -0.2) is 7.11 Å². The summed E-state index contributed by atoms with van der Waals surface area (Å²) in [6.45, 7) is 0. The van der Waals surface area contributed by atoms with Gasteiger partial charge in [0.05, 0.1) is 10.7 Å². The minimum Gasteiger partial charge on any atom is -0.496 e. The Morgan fingerprint density at radius 2 is 2.44 bits per heavy atom. The molecular weight excluding hydrogens is 227 g/mol. The monoisotopic (exact) mass is 235 g/mol. The van der Waals surface area contributed by atoms with Crippen molar-refractivity contribution >= 4 is 22.6 Å². The van der Waals surface area contributed by atoms with Crippen molar-refractivity contribution in [2.24, 2.45) is 0 Å². The standard InChI is InChI=1S/C7H8IO/c1-9-7-5-3-2-4-6(7)8/h2,4-5H,3H2,1H3. The lowest BCUT2D eigenvalue weighted by Crippen LogP contribution is -1.91. The average Bonchev–Trinajstić information content (AvgIpc) is 1.89. The smallest absolute Gasteiger partial charge is 0.127 e.